The predicted octanol–water partition coefficient (Wildman–Crippen LogP) is 4.55. The SMILES string of the molecule is Cc1noc(NS(=O)(=O)c2ccc(NC(=O)c3cc(C4CC4)nc4c3cnn4C(C)C)cc2)c1C. The van der Waals surface area contributed by atoms with Crippen LogP contribution in [0.3, 0.4) is 0 Å². The van der Waals surface area contributed by atoms with Gasteiger partial charge in [0.15, 0.2) is 5.65 Å². The number of carbonyl (C=O) groups is 1. The number of nitrogens with one attached hydrogen (secondary N) is 2. The molecule has 1 saturated carbocycles. The van der Waals surface area contributed by atoms with Crippen molar-refractivity contribution in [2.75, 3.05) is 10.0 Å². The minimum absolute atomic E-state index is 0.0319. The Kier molecular flexibility index (Phi) is 5.59. The van der Waals surface area contributed by atoms with Gasteiger partial charge in [-0.15, -0.1) is 0 Å². The molecule has 35 heavy (non-hydrogen) atoms. The number of rotatable bonds is 7. The van der Waals surface area contributed by atoms with E-state index in [4.69, 9.17) is 9.51 Å². The Morgan fingerprint density at radius 3 is 2.49 bits per heavy atom. The van der Waals surface area contributed by atoms with Crippen molar-refractivity contribution in [3.63, 3.8) is 0 Å². The summed E-state index contributed by atoms with van der Waals surface area (Å²) in [7, 11) is -3.88. The van der Waals surface area contributed by atoms with Gasteiger partial charge in [0.2, 0.25) is 5.88 Å². The third-order valence-corrected chi connectivity index (χ3v) is 7.47. The highest BCUT2D eigenvalue weighted by Gasteiger charge is 2.28. The smallest absolute Gasteiger partial charge is 0.264 e. The molecule has 1 aliphatic rings. The summed E-state index contributed by atoms with van der Waals surface area (Å²) in [5.74, 6) is 0.148. The van der Waals surface area contributed by atoms with Crippen LogP contribution in [-0.2, 0) is 10.0 Å². The molecule has 1 amide bonds. The molecule has 182 valence electrons. The maximum Gasteiger partial charge on any atom is 0.264 e. The highest BCUT2D eigenvalue weighted by molar-refractivity contribution is 7.92. The van der Waals surface area contributed by atoms with Gasteiger partial charge in [0.05, 0.1) is 27.7 Å². The number of pyridine rings is 1. The number of benzene rings is 1. The van der Waals surface area contributed by atoms with Crippen molar-refractivity contribution in [2.45, 2.75) is 57.4 Å². The van der Waals surface area contributed by atoms with Gasteiger partial charge in [0, 0.05) is 28.9 Å². The van der Waals surface area contributed by atoms with Crippen LogP contribution >= 0.6 is 0 Å². The number of nitrogens with zero attached hydrogens (tertiary/aromatic N) is 4. The summed E-state index contributed by atoms with van der Waals surface area (Å²) in [5, 5.41) is 11.7. The van der Waals surface area contributed by atoms with Crippen molar-refractivity contribution in [1.29, 1.82) is 0 Å². The van der Waals surface area contributed by atoms with Crippen LogP contribution in [0.25, 0.3) is 11.0 Å². The molecule has 0 radical (unpaired) electrons. The number of amides is 1. The Hall–Kier alpha value is -3.73. The highest BCUT2D eigenvalue weighted by atomic mass is 32.2. The molecule has 0 bridgehead atoms. The van der Waals surface area contributed by atoms with E-state index in [1.54, 1.807) is 32.2 Å². The van der Waals surface area contributed by atoms with E-state index in [1.807, 2.05) is 24.6 Å². The minimum atomic E-state index is -3.88. The fourth-order valence-corrected chi connectivity index (χ4v) is 4.85. The molecule has 0 unspecified atom stereocenters. The van der Waals surface area contributed by atoms with Crippen LogP contribution in [-0.4, -0.2) is 34.2 Å². The lowest BCUT2D eigenvalue weighted by Crippen LogP contribution is -2.15. The third kappa shape index (κ3) is 4.39. The number of fused-ring (bicyclic) bond motifs is 1. The second-order valence-electron chi connectivity index (χ2n) is 9.10. The zero-order valence-electron chi connectivity index (χ0n) is 19.9. The Bertz CT molecular complexity index is 1530. The summed E-state index contributed by atoms with van der Waals surface area (Å²) in [5.41, 5.74) is 3.78. The normalized spacial score (nSPS) is 14.0. The molecule has 4 aromatic rings. The Morgan fingerprint density at radius 1 is 1.17 bits per heavy atom. The highest BCUT2D eigenvalue weighted by Crippen LogP contribution is 2.40. The molecule has 1 fully saturated rings. The first kappa shape index (κ1) is 23.0. The molecule has 10 nitrogen and oxygen atoms in total. The maximum absolute atomic E-state index is 13.2. The monoisotopic (exact) mass is 494 g/mol. The van der Waals surface area contributed by atoms with E-state index < -0.39 is 10.0 Å². The molecular weight excluding hydrogens is 468 g/mol. The summed E-state index contributed by atoms with van der Waals surface area (Å²) < 4.78 is 34.7. The van der Waals surface area contributed by atoms with Crippen molar-refractivity contribution in [3.8, 4) is 0 Å². The van der Waals surface area contributed by atoms with Gasteiger partial charge in [-0.3, -0.25) is 4.79 Å². The van der Waals surface area contributed by atoms with Crippen LogP contribution in [0.1, 0.15) is 66.0 Å². The van der Waals surface area contributed by atoms with E-state index >= 15 is 0 Å². The Labute approximate surface area is 202 Å². The lowest BCUT2D eigenvalue weighted by Gasteiger charge is -2.11. The molecule has 0 saturated heterocycles. The maximum atomic E-state index is 13.2. The van der Waals surface area contributed by atoms with Crippen LogP contribution < -0.4 is 10.0 Å². The van der Waals surface area contributed by atoms with E-state index in [0.29, 0.717) is 39.5 Å². The number of hydrogen-bond acceptors (Lipinski definition) is 7. The first-order chi connectivity index (χ1) is 16.6. The van der Waals surface area contributed by atoms with E-state index in [-0.39, 0.29) is 22.7 Å². The number of sulfonamides is 1. The molecule has 1 aliphatic carbocycles. The molecule has 1 aromatic carbocycles. The number of hydrogen-bond donors (Lipinski definition) is 2. The molecule has 0 aliphatic heterocycles. The van der Waals surface area contributed by atoms with Crippen molar-refractivity contribution in [2.24, 2.45) is 0 Å². The first-order valence-electron chi connectivity index (χ1n) is 11.4. The van der Waals surface area contributed by atoms with Gasteiger partial charge < -0.3 is 9.84 Å². The van der Waals surface area contributed by atoms with Crippen molar-refractivity contribution >= 4 is 38.5 Å². The van der Waals surface area contributed by atoms with Crippen LogP contribution in [0, 0.1) is 13.8 Å². The summed E-state index contributed by atoms with van der Waals surface area (Å²) in [4.78, 5) is 18.1. The topological polar surface area (TPSA) is 132 Å². The van der Waals surface area contributed by atoms with Crippen molar-refractivity contribution in [1.82, 2.24) is 19.9 Å². The summed E-state index contributed by atoms with van der Waals surface area (Å²) >= 11 is 0. The lowest BCUT2D eigenvalue weighted by molar-refractivity contribution is 0.102. The Balaban J connectivity index is 1.39. The van der Waals surface area contributed by atoms with Gasteiger partial charge in [-0.05, 0) is 70.9 Å². The van der Waals surface area contributed by atoms with E-state index in [0.717, 1.165) is 18.5 Å². The number of aryl methyl sites for hydroxylation is 1. The van der Waals surface area contributed by atoms with E-state index in [1.165, 1.54) is 12.1 Å². The number of carbonyl (C=O) groups excluding carboxylic acids is 1. The average Bonchev–Trinajstić information content (AvgIpc) is 3.51. The third-order valence-electron chi connectivity index (χ3n) is 6.12. The van der Waals surface area contributed by atoms with Gasteiger partial charge in [-0.1, -0.05) is 5.16 Å². The molecule has 0 atom stereocenters. The average molecular weight is 495 g/mol. The molecule has 3 heterocycles. The lowest BCUT2D eigenvalue weighted by atomic mass is 10.1. The predicted molar refractivity (Wildman–Crippen MR) is 131 cm³/mol. The number of anilines is 2. The van der Waals surface area contributed by atoms with Gasteiger partial charge in [-0.2, -0.15) is 5.10 Å². The fraction of sp³-hybridized carbons (Fsp3) is 0.333. The van der Waals surface area contributed by atoms with Gasteiger partial charge in [-0.25, -0.2) is 22.8 Å². The van der Waals surface area contributed by atoms with Crippen LogP contribution in [0.15, 0.2) is 45.9 Å². The minimum Gasteiger partial charge on any atom is -0.337 e. The van der Waals surface area contributed by atoms with E-state index in [9.17, 15) is 13.2 Å². The largest absolute Gasteiger partial charge is 0.337 e. The summed E-state index contributed by atoms with van der Waals surface area (Å²) in [6.45, 7) is 7.49. The second-order valence-corrected chi connectivity index (χ2v) is 10.8. The van der Waals surface area contributed by atoms with Crippen molar-refractivity contribution in [3.05, 3.63) is 59.0 Å². The van der Waals surface area contributed by atoms with Crippen molar-refractivity contribution < 1.29 is 17.7 Å². The zero-order chi connectivity index (χ0) is 24.9. The van der Waals surface area contributed by atoms with Gasteiger partial charge in [0.1, 0.15) is 0 Å². The van der Waals surface area contributed by atoms with Crippen LogP contribution in [0.5, 0.6) is 0 Å². The molecule has 11 heteroatoms. The van der Waals surface area contributed by atoms with E-state index in [2.05, 4.69) is 20.3 Å². The van der Waals surface area contributed by atoms with Crippen LogP contribution in [0.4, 0.5) is 11.6 Å². The molecule has 0 spiro atoms. The zero-order valence-corrected chi connectivity index (χ0v) is 20.7. The number of aromatic nitrogens is 4. The summed E-state index contributed by atoms with van der Waals surface area (Å²) in [6.07, 6.45) is 3.79. The first-order valence-corrected chi connectivity index (χ1v) is 12.9. The second kappa shape index (κ2) is 8.49. The fourth-order valence-electron chi connectivity index (χ4n) is 3.80. The standard InChI is InChI=1S/C24H26N6O4S/c1-13(2)30-22-20(12-25-30)19(11-21(27-22)16-5-6-16)23(31)26-17-7-9-18(10-8-17)35(32,33)29-24-14(3)15(4)28-34-24/h7-13,16,29H,5-6H2,1-4H3,(H,26,31). The van der Waals surface area contributed by atoms with Gasteiger partial charge in [0.25, 0.3) is 15.9 Å². The van der Waals surface area contributed by atoms with Gasteiger partial charge >= 0.3 is 0 Å². The molecule has 5 rings (SSSR count). The summed E-state index contributed by atoms with van der Waals surface area (Å²) in [6, 6.07) is 7.88. The quantitative estimate of drug-likeness (QED) is 0.385. The molecular formula is C24H26N6O4S. The van der Waals surface area contributed by atoms with Crippen LogP contribution in [0.2, 0.25) is 0 Å². The molecule has 2 N–H and O–H groups in total. The molecule has 3 aromatic heterocycles. The Morgan fingerprint density at radius 2 is 1.89 bits per heavy atom.